The van der Waals surface area contributed by atoms with Gasteiger partial charge in [0.25, 0.3) is 5.89 Å². The molecule has 3 aromatic heterocycles. The second kappa shape index (κ2) is 7.24. The molecule has 0 radical (unpaired) electrons. The molecule has 0 unspecified atom stereocenters. The Labute approximate surface area is 166 Å². The zero-order valence-electron chi connectivity index (χ0n) is 15.3. The average Bonchev–Trinajstić information content (AvgIpc) is 3.49. The van der Waals surface area contributed by atoms with E-state index >= 15 is 0 Å². The number of likely N-dealkylation sites (tertiary alicyclic amines) is 1. The van der Waals surface area contributed by atoms with Crippen molar-refractivity contribution in [2.24, 2.45) is 0 Å². The monoisotopic (exact) mass is 392 g/mol. The summed E-state index contributed by atoms with van der Waals surface area (Å²) in [5.74, 6) is 1.44. The number of amides is 1. The van der Waals surface area contributed by atoms with Crippen molar-refractivity contribution in [3.8, 4) is 10.8 Å². The van der Waals surface area contributed by atoms with Gasteiger partial charge in [-0.05, 0) is 35.9 Å². The summed E-state index contributed by atoms with van der Waals surface area (Å²) in [5, 5.41) is 11.5. The molecule has 5 rings (SSSR count). The third-order valence-electron chi connectivity index (χ3n) is 5.31. The summed E-state index contributed by atoms with van der Waals surface area (Å²) in [6.07, 6.45) is 4.25. The molecule has 0 aliphatic carbocycles. The Balaban J connectivity index is 1.29. The smallest absolute Gasteiger partial charge is 0.257 e. The number of aromatic nitrogens is 3. The van der Waals surface area contributed by atoms with Crippen LogP contribution in [0.3, 0.4) is 0 Å². The lowest BCUT2D eigenvalue weighted by Gasteiger charge is -2.31. The number of nitrogens with one attached hydrogen (secondary N) is 1. The fourth-order valence-electron chi connectivity index (χ4n) is 3.86. The largest absolute Gasteiger partial charge is 0.420 e. The van der Waals surface area contributed by atoms with Crippen molar-refractivity contribution in [2.45, 2.75) is 25.2 Å². The van der Waals surface area contributed by atoms with E-state index in [-0.39, 0.29) is 11.8 Å². The number of carbonyl (C=O) groups excluding carboxylic acids is 1. The fraction of sp³-hybridized carbons (Fsp3) is 0.286. The van der Waals surface area contributed by atoms with E-state index in [0.717, 1.165) is 40.7 Å². The van der Waals surface area contributed by atoms with Crippen LogP contribution >= 0.6 is 11.3 Å². The number of carbonyl (C=O) groups is 1. The van der Waals surface area contributed by atoms with Gasteiger partial charge in [0, 0.05) is 30.2 Å². The molecular weight excluding hydrogens is 372 g/mol. The molecule has 4 heterocycles. The van der Waals surface area contributed by atoms with Gasteiger partial charge >= 0.3 is 0 Å². The molecule has 4 aromatic rings. The average molecular weight is 392 g/mol. The lowest BCUT2D eigenvalue weighted by molar-refractivity contribution is -0.131. The molecule has 1 aliphatic rings. The van der Waals surface area contributed by atoms with E-state index < -0.39 is 0 Å². The Morgan fingerprint density at radius 1 is 1.25 bits per heavy atom. The van der Waals surface area contributed by atoms with Crippen LogP contribution in [0.2, 0.25) is 0 Å². The summed E-state index contributed by atoms with van der Waals surface area (Å²) in [7, 11) is 0. The Morgan fingerprint density at radius 2 is 2.18 bits per heavy atom. The molecule has 0 saturated carbocycles. The molecule has 1 atom stereocenters. The van der Waals surface area contributed by atoms with Gasteiger partial charge in [-0.25, -0.2) is 0 Å². The Hall–Kier alpha value is -2.93. The maximum Gasteiger partial charge on any atom is 0.257 e. The van der Waals surface area contributed by atoms with Crippen LogP contribution in [0, 0.1) is 0 Å². The molecule has 0 spiro atoms. The van der Waals surface area contributed by atoms with Crippen LogP contribution in [0.5, 0.6) is 0 Å². The van der Waals surface area contributed by atoms with Crippen LogP contribution in [0.1, 0.15) is 30.2 Å². The van der Waals surface area contributed by atoms with Gasteiger partial charge in [-0.15, -0.1) is 21.5 Å². The van der Waals surface area contributed by atoms with Gasteiger partial charge in [0.1, 0.15) is 0 Å². The van der Waals surface area contributed by atoms with Gasteiger partial charge in [0.05, 0.1) is 17.2 Å². The molecular formula is C21H20N4O2S. The highest BCUT2D eigenvalue weighted by Crippen LogP contribution is 2.30. The summed E-state index contributed by atoms with van der Waals surface area (Å²) in [4.78, 5) is 19.1. The van der Waals surface area contributed by atoms with E-state index in [1.165, 1.54) is 0 Å². The van der Waals surface area contributed by atoms with E-state index in [0.29, 0.717) is 24.7 Å². The van der Waals surface area contributed by atoms with E-state index in [1.807, 2.05) is 46.8 Å². The SMILES string of the molecule is O=C(Cc1c[nH]c2ccccc12)N1CCC[C@@H](c2nnc(-c3cccs3)o2)C1. The van der Waals surface area contributed by atoms with Crippen LogP contribution in [0.4, 0.5) is 0 Å². The number of aromatic amines is 1. The van der Waals surface area contributed by atoms with Crippen molar-refractivity contribution in [3.63, 3.8) is 0 Å². The molecule has 1 amide bonds. The van der Waals surface area contributed by atoms with E-state index in [2.05, 4.69) is 21.2 Å². The summed E-state index contributed by atoms with van der Waals surface area (Å²) in [5.41, 5.74) is 2.11. The van der Waals surface area contributed by atoms with Crippen molar-refractivity contribution >= 4 is 28.1 Å². The molecule has 1 fully saturated rings. The first-order valence-corrected chi connectivity index (χ1v) is 10.4. The van der Waals surface area contributed by atoms with E-state index in [4.69, 9.17) is 4.42 Å². The van der Waals surface area contributed by atoms with Gasteiger partial charge in [-0.1, -0.05) is 24.3 Å². The predicted octanol–water partition coefficient (Wildman–Crippen LogP) is 4.23. The summed E-state index contributed by atoms with van der Waals surface area (Å²) >= 11 is 1.58. The number of hydrogen-bond donors (Lipinski definition) is 1. The summed E-state index contributed by atoms with van der Waals surface area (Å²) in [6, 6.07) is 12.0. The van der Waals surface area contributed by atoms with Crippen molar-refractivity contribution in [2.75, 3.05) is 13.1 Å². The van der Waals surface area contributed by atoms with Crippen LogP contribution in [-0.4, -0.2) is 39.1 Å². The topological polar surface area (TPSA) is 75.0 Å². The molecule has 0 bridgehead atoms. The molecule has 7 heteroatoms. The Morgan fingerprint density at radius 3 is 3.07 bits per heavy atom. The summed E-state index contributed by atoms with van der Waals surface area (Å²) < 4.78 is 5.90. The Kier molecular flexibility index (Phi) is 4.44. The zero-order valence-corrected chi connectivity index (χ0v) is 16.1. The van der Waals surface area contributed by atoms with Gasteiger partial charge in [0.2, 0.25) is 11.8 Å². The maximum atomic E-state index is 12.9. The zero-order chi connectivity index (χ0) is 18.9. The first-order valence-electron chi connectivity index (χ1n) is 9.48. The van der Waals surface area contributed by atoms with Crippen LogP contribution in [-0.2, 0) is 11.2 Å². The maximum absolute atomic E-state index is 12.9. The normalized spacial score (nSPS) is 17.3. The second-order valence-electron chi connectivity index (χ2n) is 7.14. The number of rotatable bonds is 4. The number of thiophene rings is 1. The third-order valence-corrected chi connectivity index (χ3v) is 6.17. The number of H-pyrrole nitrogens is 1. The molecule has 6 nitrogen and oxygen atoms in total. The minimum absolute atomic E-state index is 0.0990. The number of para-hydroxylation sites is 1. The second-order valence-corrected chi connectivity index (χ2v) is 8.09. The Bertz CT molecular complexity index is 1100. The van der Waals surface area contributed by atoms with Crippen molar-refractivity contribution in [1.29, 1.82) is 0 Å². The molecule has 1 saturated heterocycles. The number of nitrogens with zero attached hydrogens (tertiary/aromatic N) is 3. The number of benzene rings is 1. The highest BCUT2D eigenvalue weighted by molar-refractivity contribution is 7.13. The summed E-state index contributed by atoms with van der Waals surface area (Å²) in [6.45, 7) is 1.41. The van der Waals surface area contributed by atoms with Crippen molar-refractivity contribution in [1.82, 2.24) is 20.1 Å². The highest BCUT2D eigenvalue weighted by Gasteiger charge is 2.29. The van der Waals surface area contributed by atoms with Crippen LogP contribution < -0.4 is 0 Å². The quantitative estimate of drug-likeness (QED) is 0.564. The van der Waals surface area contributed by atoms with E-state index in [9.17, 15) is 4.79 Å². The van der Waals surface area contributed by atoms with E-state index in [1.54, 1.807) is 11.3 Å². The first kappa shape index (κ1) is 17.2. The van der Waals surface area contributed by atoms with Crippen LogP contribution in [0.25, 0.3) is 21.7 Å². The molecule has 1 aliphatic heterocycles. The number of fused-ring (bicyclic) bond motifs is 1. The lowest BCUT2D eigenvalue weighted by Crippen LogP contribution is -2.40. The number of hydrogen-bond acceptors (Lipinski definition) is 5. The highest BCUT2D eigenvalue weighted by atomic mass is 32.1. The standard InChI is InChI=1S/C21H20N4O2S/c26-19(11-15-12-22-17-7-2-1-6-16(15)17)25-9-3-5-14(13-25)20-23-24-21(27-20)18-8-4-10-28-18/h1-2,4,6-8,10,12,14,22H,3,5,9,11,13H2/t14-/m1/s1. The minimum Gasteiger partial charge on any atom is -0.420 e. The first-order chi connectivity index (χ1) is 13.8. The third kappa shape index (κ3) is 3.22. The predicted molar refractivity (Wildman–Crippen MR) is 108 cm³/mol. The lowest BCUT2D eigenvalue weighted by atomic mass is 9.97. The van der Waals surface area contributed by atoms with Gasteiger partial charge in [-0.2, -0.15) is 0 Å². The molecule has 28 heavy (non-hydrogen) atoms. The van der Waals surface area contributed by atoms with Crippen molar-refractivity contribution < 1.29 is 9.21 Å². The van der Waals surface area contributed by atoms with Gasteiger partial charge < -0.3 is 14.3 Å². The molecule has 1 N–H and O–H groups in total. The van der Waals surface area contributed by atoms with Gasteiger partial charge in [0.15, 0.2) is 0 Å². The fourth-order valence-corrected chi connectivity index (χ4v) is 4.50. The van der Waals surface area contributed by atoms with Gasteiger partial charge in [-0.3, -0.25) is 4.79 Å². The molecule has 142 valence electrons. The number of piperidine rings is 1. The molecule has 1 aromatic carbocycles. The van der Waals surface area contributed by atoms with Crippen molar-refractivity contribution in [3.05, 3.63) is 59.4 Å². The van der Waals surface area contributed by atoms with Crippen LogP contribution in [0.15, 0.2) is 52.4 Å². The minimum atomic E-state index is 0.0990.